The van der Waals surface area contributed by atoms with Crippen molar-refractivity contribution in [2.24, 2.45) is 0 Å². The molecule has 162 valence electrons. The number of hydrogen-bond acceptors (Lipinski definition) is 3. The van der Waals surface area contributed by atoms with Crippen LogP contribution in [-0.2, 0) is 0 Å². The van der Waals surface area contributed by atoms with Crippen LogP contribution in [0.5, 0.6) is 0 Å². The van der Waals surface area contributed by atoms with E-state index in [0.717, 1.165) is 39.0 Å². The number of nitrogens with zero attached hydrogens (tertiary/aromatic N) is 4. The van der Waals surface area contributed by atoms with Crippen molar-refractivity contribution in [3.63, 3.8) is 0 Å². The first kappa shape index (κ1) is 20.4. The van der Waals surface area contributed by atoms with Crippen molar-refractivity contribution in [3.05, 3.63) is 121 Å². The molecule has 2 heterocycles. The molecule has 0 unspecified atom stereocenters. The Morgan fingerprint density at radius 3 is 1.97 bits per heavy atom. The van der Waals surface area contributed by atoms with Gasteiger partial charge in [-0.2, -0.15) is 10.5 Å². The van der Waals surface area contributed by atoms with E-state index in [4.69, 9.17) is 0 Å². The van der Waals surface area contributed by atoms with E-state index in [-0.39, 0.29) is 0 Å². The average molecular weight is 447 g/mol. The summed E-state index contributed by atoms with van der Waals surface area (Å²) < 4.78 is 2.26. The Balaban J connectivity index is 1.65. The van der Waals surface area contributed by atoms with Crippen LogP contribution in [-0.4, -0.2) is 9.55 Å². The van der Waals surface area contributed by atoms with Crippen molar-refractivity contribution in [3.8, 4) is 40.1 Å². The van der Waals surface area contributed by atoms with Crippen LogP contribution in [0.1, 0.15) is 11.3 Å². The lowest BCUT2D eigenvalue weighted by molar-refractivity contribution is 1.18. The van der Waals surface area contributed by atoms with Crippen molar-refractivity contribution in [2.45, 2.75) is 0 Å². The molecular weight excluding hydrogens is 428 g/mol. The molecule has 0 radical (unpaired) electrons. The minimum absolute atomic E-state index is 0.387. The second-order valence-electron chi connectivity index (χ2n) is 8.31. The summed E-state index contributed by atoms with van der Waals surface area (Å²) in [6, 6.07) is 38.9. The second-order valence-corrected chi connectivity index (χ2v) is 8.31. The van der Waals surface area contributed by atoms with Gasteiger partial charge in [-0.05, 0) is 59.7 Å². The van der Waals surface area contributed by atoms with E-state index in [1.165, 1.54) is 10.8 Å². The summed E-state index contributed by atoms with van der Waals surface area (Å²) in [6.07, 6.45) is 1.63. The summed E-state index contributed by atoms with van der Waals surface area (Å²) in [5.74, 6) is 0. The van der Waals surface area contributed by atoms with Crippen LogP contribution in [0.4, 0.5) is 0 Å². The molecule has 0 aliphatic heterocycles. The predicted octanol–water partition coefficient (Wildman–Crippen LogP) is 7.26. The Kier molecular flexibility index (Phi) is 4.84. The van der Waals surface area contributed by atoms with Gasteiger partial charge in [0.05, 0.1) is 28.4 Å². The summed E-state index contributed by atoms with van der Waals surface area (Å²) in [6.45, 7) is 0. The largest absolute Gasteiger partial charge is 0.309 e. The second kappa shape index (κ2) is 8.30. The van der Waals surface area contributed by atoms with Crippen LogP contribution >= 0.6 is 0 Å². The fraction of sp³-hybridized carbons (Fsp3) is 0. The molecule has 0 fully saturated rings. The molecule has 0 aliphatic rings. The fourth-order valence-electron chi connectivity index (χ4n) is 4.80. The first-order valence-corrected chi connectivity index (χ1v) is 11.3. The molecule has 35 heavy (non-hydrogen) atoms. The Labute approximate surface area is 202 Å². The van der Waals surface area contributed by atoms with E-state index < -0.39 is 0 Å². The summed E-state index contributed by atoms with van der Waals surface area (Å²) in [4.78, 5) is 4.22. The van der Waals surface area contributed by atoms with Crippen LogP contribution in [0, 0.1) is 22.7 Å². The van der Waals surface area contributed by atoms with Crippen molar-refractivity contribution < 1.29 is 0 Å². The first-order valence-electron chi connectivity index (χ1n) is 11.3. The van der Waals surface area contributed by atoms with Crippen molar-refractivity contribution in [2.75, 3.05) is 0 Å². The number of benzene rings is 4. The van der Waals surface area contributed by atoms with Gasteiger partial charge in [0.2, 0.25) is 0 Å². The monoisotopic (exact) mass is 446 g/mol. The standard InChI is InChI=1S/C31H18N4/c32-19-21-14-15-31(35-29-12-3-1-9-25(29)26-10-2-4-13-30(26)35)27(17-21)23-8-5-7-22(18-23)24-11-6-16-34-28(24)20-33/h1-18H. The molecule has 0 atom stereocenters. The summed E-state index contributed by atoms with van der Waals surface area (Å²) >= 11 is 0. The fourth-order valence-corrected chi connectivity index (χ4v) is 4.80. The molecule has 0 saturated carbocycles. The number of pyridine rings is 1. The number of fused-ring (bicyclic) bond motifs is 3. The average Bonchev–Trinajstić information content (AvgIpc) is 3.27. The van der Waals surface area contributed by atoms with Crippen molar-refractivity contribution in [1.82, 2.24) is 9.55 Å². The molecular formula is C31H18N4. The smallest absolute Gasteiger partial charge is 0.148 e. The van der Waals surface area contributed by atoms with Crippen LogP contribution in [0.2, 0.25) is 0 Å². The molecule has 0 bridgehead atoms. The molecule has 0 saturated heterocycles. The minimum Gasteiger partial charge on any atom is -0.309 e. The first-order chi connectivity index (χ1) is 17.3. The highest BCUT2D eigenvalue weighted by atomic mass is 15.0. The van der Waals surface area contributed by atoms with Gasteiger partial charge in [0.15, 0.2) is 0 Å². The van der Waals surface area contributed by atoms with E-state index in [2.05, 4.69) is 64.2 Å². The molecule has 4 nitrogen and oxygen atoms in total. The van der Waals surface area contributed by atoms with Gasteiger partial charge in [-0.1, -0.05) is 54.6 Å². The van der Waals surface area contributed by atoms with Crippen LogP contribution in [0.15, 0.2) is 109 Å². The topological polar surface area (TPSA) is 65.4 Å². The number of aromatic nitrogens is 2. The molecule has 6 aromatic rings. The third-order valence-corrected chi connectivity index (χ3v) is 6.34. The van der Waals surface area contributed by atoms with Gasteiger partial charge in [-0.15, -0.1) is 0 Å². The van der Waals surface area contributed by atoms with Crippen LogP contribution < -0.4 is 0 Å². The Morgan fingerprint density at radius 1 is 0.600 bits per heavy atom. The normalized spacial score (nSPS) is 10.8. The van der Waals surface area contributed by atoms with Gasteiger partial charge in [-0.3, -0.25) is 0 Å². The minimum atomic E-state index is 0.387. The quantitative estimate of drug-likeness (QED) is 0.287. The van der Waals surface area contributed by atoms with Gasteiger partial charge in [0.25, 0.3) is 0 Å². The number of para-hydroxylation sites is 2. The van der Waals surface area contributed by atoms with E-state index in [1.807, 2.05) is 60.7 Å². The van der Waals surface area contributed by atoms with E-state index >= 15 is 0 Å². The maximum Gasteiger partial charge on any atom is 0.148 e. The zero-order valence-electron chi connectivity index (χ0n) is 18.7. The third kappa shape index (κ3) is 3.33. The SMILES string of the molecule is N#Cc1ccc(-n2c3ccccc3c3ccccc32)c(-c2cccc(-c3cccnc3C#N)c2)c1. The summed E-state index contributed by atoms with van der Waals surface area (Å²) in [5.41, 5.74) is 7.78. The molecule has 0 N–H and O–H groups in total. The molecule has 0 amide bonds. The summed E-state index contributed by atoms with van der Waals surface area (Å²) in [5, 5.41) is 21.6. The molecule has 4 aromatic carbocycles. The number of rotatable bonds is 3. The van der Waals surface area contributed by atoms with Gasteiger partial charge >= 0.3 is 0 Å². The molecule has 6 rings (SSSR count). The lowest BCUT2D eigenvalue weighted by Crippen LogP contribution is -1.98. The molecule has 0 spiro atoms. The lowest BCUT2D eigenvalue weighted by Gasteiger charge is -2.15. The zero-order valence-corrected chi connectivity index (χ0v) is 18.7. The highest BCUT2D eigenvalue weighted by molar-refractivity contribution is 6.09. The number of hydrogen-bond donors (Lipinski definition) is 0. The number of nitriles is 2. The van der Waals surface area contributed by atoms with Crippen LogP contribution in [0.25, 0.3) is 49.7 Å². The zero-order chi connectivity index (χ0) is 23.8. The molecule has 2 aromatic heterocycles. The highest BCUT2D eigenvalue weighted by Gasteiger charge is 2.16. The van der Waals surface area contributed by atoms with Crippen molar-refractivity contribution in [1.29, 1.82) is 10.5 Å². The Hall–Kier alpha value is -5.19. The molecule has 0 aliphatic carbocycles. The van der Waals surface area contributed by atoms with E-state index in [9.17, 15) is 10.5 Å². The third-order valence-electron chi connectivity index (χ3n) is 6.34. The van der Waals surface area contributed by atoms with E-state index in [1.54, 1.807) is 6.20 Å². The summed E-state index contributed by atoms with van der Waals surface area (Å²) in [7, 11) is 0. The molecule has 4 heteroatoms. The van der Waals surface area contributed by atoms with Crippen LogP contribution in [0.3, 0.4) is 0 Å². The van der Waals surface area contributed by atoms with Gasteiger partial charge in [-0.25, -0.2) is 4.98 Å². The Bertz CT molecular complexity index is 1780. The van der Waals surface area contributed by atoms with Gasteiger partial charge < -0.3 is 4.57 Å². The highest BCUT2D eigenvalue weighted by Crippen LogP contribution is 2.37. The van der Waals surface area contributed by atoms with Crippen molar-refractivity contribution >= 4 is 21.8 Å². The van der Waals surface area contributed by atoms with E-state index in [0.29, 0.717) is 11.3 Å². The predicted molar refractivity (Wildman–Crippen MR) is 139 cm³/mol. The maximum atomic E-state index is 9.67. The maximum absolute atomic E-state index is 9.67. The van der Waals surface area contributed by atoms with Gasteiger partial charge in [0.1, 0.15) is 11.8 Å². The van der Waals surface area contributed by atoms with Gasteiger partial charge in [0, 0.05) is 28.1 Å². The Morgan fingerprint density at radius 2 is 1.29 bits per heavy atom. The lowest BCUT2D eigenvalue weighted by atomic mass is 9.96.